The molecule has 1 fully saturated rings. The molecule has 0 bridgehead atoms. The van der Waals surface area contributed by atoms with Crippen LogP contribution in [0, 0.1) is 10.1 Å². The van der Waals surface area contributed by atoms with E-state index in [0.29, 0.717) is 11.6 Å². The third-order valence-electron chi connectivity index (χ3n) is 4.79. The first kappa shape index (κ1) is 14.6. The van der Waals surface area contributed by atoms with E-state index in [9.17, 15) is 10.1 Å². The number of benzene rings is 1. The highest BCUT2D eigenvalue weighted by molar-refractivity contribution is 5.51. The molecule has 1 saturated heterocycles. The van der Waals surface area contributed by atoms with Gasteiger partial charge in [0.2, 0.25) is 5.65 Å². The summed E-state index contributed by atoms with van der Waals surface area (Å²) in [5.41, 5.74) is 1.80. The summed E-state index contributed by atoms with van der Waals surface area (Å²) in [6.07, 6.45) is 2.28. The summed E-state index contributed by atoms with van der Waals surface area (Å²) < 4.78 is 1.30. The fourth-order valence-corrected chi connectivity index (χ4v) is 3.54. The van der Waals surface area contributed by atoms with Crippen LogP contribution < -0.4 is 4.90 Å². The van der Waals surface area contributed by atoms with Crippen LogP contribution in [0.15, 0.2) is 48.7 Å². The lowest BCUT2D eigenvalue weighted by atomic mass is 9.93. The molecule has 3 aromatic rings. The maximum absolute atomic E-state index is 11.1. The molecule has 0 radical (unpaired) electrons. The molecule has 7 nitrogen and oxygen atoms in total. The Labute approximate surface area is 138 Å². The molecular weight excluding hydrogens is 306 g/mol. The zero-order chi connectivity index (χ0) is 16.7. The Morgan fingerprint density at radius 2 is 2.00 bits per heavy atom. The van der Waals surface area contributed by atoms with E-state index in [2.05, 4.69) is 46.2 Å². The third kappa shape index (κ3) is 2.29. The van der Waals surface area contributed by atoms with Crippen LogP contribution in [0.1, 0.15) is 24.8 Å². The van der Waals surface area contributed by atoms with Crippen LogP contribution in [-0.2, 0) is 0 Å². The molecule has 1 aliphatic rings. The number of aromatic nitrogens is 3. The average Bonchev–Trinajstić information content (AvgIpc) is 3.18. The van der Waals surface area contributed by atoms with Gasteiger partial charge in [0.05, 0.1) is 0 Å². The number of fused-ring (bicyclic) bond motifs is 1. The summed E-state index contributed by atoms with van der Waals surface area (Å²) in [6.45, 7) is 3.06. The number of imidazole rings is 1. The highest BCUT2D eigenvalue weighted by Crippen LogP contribution is 2.35. The van der Waals surface area contributed by atoms with Crippen molar-refractivity contribution in [2.45, 2.75) is 25.3 Å². The SMILES string of the molecule is CC1C(c2ccccc2)CCN1c1ccc2ncc([N+](=O)[O-])n2n1. The van der Waals surface area contributed by atoms with E-state index in [1.807, 2.05) is 12.1 Å². The van der Waals surface area contributed by atoms with Crippen LogP contribution in [0.5, 0.6) is 0 Å². The van der Waals surface area contributed by atoms with Gasteiger partial charge in [-0.3, -0.25) is 0 Å². The monoisotopic (exact) mass is 323 g/mol. The second kappa shape index (κ2) is 5.59. The summed E-state index contributed by atoms with van der Waals surface area (Å²) in [6, 6.07) is 14.4. The normalized spacial score (nSPS) is 20.6. The van der Waals surface area contributed by atoms with Crippen molar-refractivity contribution in [3.63, 3.8) is 0 Å². The second-order valence-electron chi connectivity index (χ2n) is 6.07. The van der Waals surface area contributed by atoms with Gasteiger partial charge < -0.3 is 15.0 Å². The molecular formula is C17H17N5O2. The molecule has 0 aliphatic carbocycles. The van der Waals surface area contributed by atoms with Gasteiger partial charge in [-0.1, -0.05) is 39.9 Å². The van der Waals surface area contributed by atoms with Gasteiger partial charge in [0, 0.05) is 24.6 Å². The van der Waals surface area contributed by atoms with E-state index in [1.54, 1.807) is 6.07 Å². The smallest absolute Gasteiger partial charge is 0.358 e. The Hall–Kier alpha value is -2.96. The van der Waals surface area contributed by atoms with Crippen LogP contribution in [-0.4, -0.2) is 32.1 Å². The van der Waals surface area contributed by atoms with Crippen molar-refractivity contribution in [3.8, 4) is 0 Å². The first-order valence-electron chi connectivity index (χ1n) is 7.96. The van der Waals surface area contributed by atoms with Crippen LogP contribution in [0.4, 0.5) is 11.6 Å². The van der Waals surface area contributed by atoms with E-state index in [-0.39, 0.29) is 11.9 Å². The average molecular weight is 323 g/mol. The van der Waals surface area contributed by atoms with Gasteiger partial charge in [0.25, 0.3) is 0 Å². The van der Waals surface area contributed by atoms with Crippen LogP contribution in [0.3, 0.4) is 0 Å². The van der Waals surface area contributed by atoms with Crippen molar-refractivity contribution in [1.82, 2.24) is 14.6 Å². The lowest BCUT2D eigenvalue weighted by Gasteiger charge is -2.25. The zero-order valence-electron chi connectivity index (χ0n) is 13.2. The van der Waals surface area contributed by atoms with Crippen molar-refractivity contribution < 1.29 is 4.92 Å². The van der Waals surface area contributed by atoms with E-state index in [0.717, 1.165) is 18.8 Å². The predicted octanol–water partition coefficient (Wildman–Crippen LogP) is 3.02. The minimum atomic E-state index is -0.461. The van der Waals surface area contributed by atoms with Crippen LogP contribution >= 0.6 is 0 Å². The van der Waals surface area contributed by atoms with E-state index < -0.39 is 4.92 Å². The highest BCUT2D eigenvalue weighted by atomic mass is 16.6. The molecule has 7 heteroatoms. The summed E-state index contributed by atoms with van der Waals surface area (Å²) in [5.74, 6) is 1.06. The molecule has 1 aromatic carbocycles. The molecule has 1 aliphatic heterocycles. The molecule has 2 unspecified atom stereocenters. The third-order valence-corrected chi connectivity index (χ3v) is 4.79. The Bertz CT molecular complexity index is 892. The van der Waals surface area contributed by atoms with Crippen molar-refractivity contribution in [3.05, 3.63) is 64.3 Å². The molecule has 0 spiro atoms. The Morgan fingerprint density at radius 1 is 1.21 bits per heavy atom. The fourth-order valence-electron chi connectivity index (χ4n) is 3.54. The summed E-state index contributed by atoms with van der Waals surface area (Å²) in [4.78, 5) is 16.9. The predicted molar refractivity (Wildman–Crippen MR) is 90.2 cm³/mol. The lowest BCUT2D eigenvalue weighted by Crippen LogP contribution is -2.30. The van der Waals surface area contributed by atoms with Crippen LogP contribution in [0.2, 0.25) is 0 Å². The fraction of sp³-hybridized carbons (Fsp3) is 0.294. The van der Waals surface area contributed by atoms with Gasteiger partial charge in [-0.25, -0.2) is 4.98 Å². The summed E-state index contributed by atoms with van der Waals surface area (Å²) in [7, 11) is 0. The maximum Gasteiger partial charge on any atom is 0.368 e. The first-order valence-corrected chi connectivity index (χ1v) is 7.96. The van der Waals surface area contributed by atoms with Gasteiger partial charge in [-0.15, -0.1) is 0 Å². The minimum absolute atomic E-state index is 0.113. The molecule has 0 saturated carbocycles. The number of hydrogen-bond donors (Lipinski definition) is 0. The van der Waals surface area contributed by atoms with Crippen molar-refractivity contribution in [2.24, 2.45) is 0 Å². The lowest BCUT2D eigenvalue weighted by molar-refractivity contribution is -0.391. The Kier molecular flexibility index (Phi) is 3.41. The Balaban J connectivity index is 1.68. The molecule has 122 valence electrons. The van der Waals surface area contributed by atoms with Gasteiger partial charge in [-0.05, 0) is 29.9 Å². The maximum atomic E-state index is 11.1. The molecule has 4 rings (SSSR count). The number of nitrogens with zero attached hydrogens (tertiary/aromatic N) is 5. The molecule has 0 amide bonds. The van der Waals surface area contributed by atoms with E-state index in [1.165, 1.54) is 16.3 Å². The van der Waals surface area contributed by atoms with Crippen molar-refractivity contribution >= 4 is 17.3 Å². The van der Waals surface area contributed by atoms with E-state index in [4.69, 9.17) is 0 Å². The molecule has 3 heterocycles. The van der Waals surface area contributed by atoms with Gasteiger partial charge in [-0.2, -0.15) is 0 Å². The molecule has 2 aromatic heterocycles. The number of rotatable bonds is 3. The standard InChI is InChI=1S/C17H17N5O2/c1-12-14(13-5-3-2-4-6-13)9-10-20(12)16-8-7-15-18-11-17(22(23)24)21(15)19-16/h2-8,11-12,14H,9-10H2,1H3. The van der Waals surface area contributed by atoms with Crippen molar-refractivity contribution in [2.75, 3.05) is 11.4 Å². The molecule has 2 atom stereocenters. The highest BCUT2D eigenvalue weighted by Gasteiger charge is 2.33. The number of anilines is 1. The first-order chi connectivity index (χ1) is 11.6. The van der Waals surface area contributed by atoms with Gasteiger partial charge in [0.1, 0.15) is 6.20 Å². The largest absolute Gasteiger partial charge is 0.368 e. The Morgan fingerprint density at radius 3 is 2.75 bits per heavy atom. The van der Waals surface area contributed by atoms with Crippen LogP contribution in [0.25, 0.3) is 5.65 Å². The van der Waals surface area contributed by atoms with Crippen molar-refractivity contribution in [1.29, 1.82) is 0 Å². The zero-order valence-corrected chi connectivity index (χ0v) is 13.2. The second-order valence-corrected chi connectivity index (χ2v) is 6.07. The van der Waals surface area contributed by atoms with E-state index >= 15 is 0 Å². The molecule has 24 heavy (non-hydrogen) atoms. The topological polar surface area (TPSA) is 76.6 Å². The number of hydrogen-bond acceptors (Lipinski definition) is 5. The molecule has 0 N–H and O–H groups in total. The van der Waals surface area contributed by atoms with Gasteiger partial charge in [0.15, 0.2) is 5.82 Å². The summed E-state index contributed by atoms with van der Waals surface area (Å²) in [5, 5.41) is 15.6. The quantitative estimate of drug-likeness (QED) is 0.547. The van der Waals surface area contributed by atoms with Gasteiger partial charge >= 0.3 is 5.82 Å². The summed E-state index contributed by atoms with van der Waals surface area (Å²) >= 11 is 0. The minimum Gasteiger partial charge on any atom is -0.358 e. The number of nitro groups is 1.